The van der Waals surface area contributed by atoms with E-state index in [1.165, 1.54) is 0 Å². The summed E-state index contributed by atoms with van der Waals surface area (Å²) in [4.78, 5) is 42.7. The minimum absolute atomic E-state index is 0.0186. The zero-order valence-corrected chi connectivity index (χ0v) is 29.3. The lowest BCUT2D eigenvalue weighted by Crippen LogP contribution is -2.62. The number of fused-ring (bicyclic) bond motifs is 2. The van der Waals surface area contributed by atoms with Gasteiger partial charge in [-0.2, -0.15) is 4.39 Å². The molecular formula is C40H44F3N3O7. The van der Waals surface area contributed by atoms with E-state index in [2.05, 4.69) is 5.32 Å². The molecule has 2 aliphatic heterocycles. The van der Waals surface area contributed by atoms with Gasteiger partial charge in [0.15, 0.2) is 17.4 Å². The van der Waals surface area contributed by atoms with Gasteiger partial charge in [0.05, 0.1) is 31.6 Å². The second-order valence-electron chi connectivity index (χ2n) is 14.0. The maximum atomic E-state index is 14.8. The number of hydrogen-bond acceptors (Lipinski definition) is 7. The van der Waals surface area contributed by atoms with Crippen LogP contribution in [0.2, 0.25) is 0 Å². The highest BCUT2D eigenvalue weighted by molar-refractivity contribution is 6.03. The average Bonchev–Trinajstić information content (AvgIpc) is 3.97. The molecule has 10 nitrogen and oxygen atoms in total. The second-order valence-corrected chi connectivity index (χ2v) is 14.0. The Morgan fingerprint density at radius 2 is 1.64 bits per heavy atom. The number of rotatable bonds is 16. The Kier molecular flexibility index (Phi) is 12.2. The molecule has 3 aromatic rings. The fraction of sp³-hybridized carbons (Fsp3) is 0.425. The molecule has 2 fully saturated rings. The Balaban J connectivity index is 1.24. The highest BCUT2D eigenvalue weighted by Crippen LogP contribution is 2.38. The minimum Gasteiger partial charge on any atom is -0.488 e. The predicted octanol–water partition coefficient (Wildman–Crippen LogP) is 4.39. The summed E-state index contributed by atoms with van der Waals surface area (Å²) in [6.07, 6.45) is 1.36. The first-order chi connectivity index (χ1) is 25.5. The number of aliphatic carboxylic acids is 1. The van der Waals surface area contributed by atoms with Gasteiger partial charge in [0.1, 0.15) is 0 Å². The minimum atomic E-state index is -1.36. The van der Waals surface area contributed by atoms with Crippen LogP contribution >= 0.6 is 0 Å². The summed E-state index contributed by atoms with van der Waals surface area (Å²) in [5.74, 6) is -5.98. The first-order valence-corrected chi connectivity index (χ1v) is 18.0. The molecule has 3 aromatic carbocycles. The van der Waals surface area contributed by atoms with E-state index in [1.54, 1.807) is 4.90 Å². The predicted molar refractivity (Wildman–Crippen MR) is 189 cm³/mol. The van der Waals surface area contributed by atoms with Crippen LogP contribution in [0.5, 0.6) is 5.75 Å². The van der Waals surface area contributed by atoms with E-state index in [4.69, 9.17) is 9.84 Å². The third-order valence-corrected chi connectivity index (χ3v) is 10.1. The maximum absolute atomic E-state index is 14.8. The second kappa shape index (κ2) is 17.0. The number of hydrogen-bond donors (Lipinski definition) is 4. The van der Waals surface area contributed by atoms with Crippen LogP contribution in [-0.2, 0) is 33.8 Å². The van der Waals surface area contributed by atoms with Crippen LogP contribution in [0, 0.1) is 17.5 Å². The van der Waals surface area contributed by atoms with E-state index in [0.717, 1.165) is 46.7 Å². The number of nitrogens with zero attached hydrogens (tertiary/aromatic N) is 2. The zero-order chi connectivity index (χ0) is 37.6. The van der Waals surface area contributed by atoms with E-state index in [-0.39, 0.29) is 50.1 Å². The Bertz CT molecular complexity index is 1850. The Morgan fingerprint density at radius 1 is 0.925 bits per heavy atom. The van der Waals surface area contributed by atoms with E-state index in [0.29, 0.717) is 50.4 Å². The van der Waals surface area contributed by atoms with Gasteiger partial charge in [-0.3, -0.25) is 14.4 Å². The highest BCUT2D eigenvalue weighted by atomic mass is 19.2. The summed E-state index contributed by atoms with van der Waals surface area (Å²) in [6.45, 7) is 0.810. The van der Waals surface area contributed by atoms with Gasteiger partial charge >= 0.3 is 5.97 Å². The summed E-state index contributed by atoms with van der Waals surface area (Å²) < 4.78 is 46.7. The number of amides is 2. The molecule has 13 heteroatoms. The van der Waals surface area contributed by atoms with E-state index in [9.17, 15) is 37.8 Å². The normalized spacial score (nSPS) is 18.8. The highest BCUT2D eigenvalue weighted by Gasteiger charge is 2.43. The van der Waals surface area contributed by atoms with Crippen molar-refractivity contribution in [3.63, 3.8) is 0 Å². The first-order valence-electron chi connectivity index (χ1n) is 18.0. The van der Waals surface area contributed by atoms with Gasteiger partial charge in [0, 0.05) is 43.9 Å². The van der Waals surface area contributed by atoms with Crippen LogP contribution in [-0.4, -0.2) is 93.4 Å². The van der Waals surface area contributed by atoms with Crippen LogP contribution in [0.3, 0.4) is 0 Å². The Morgan fingerprint density at radius 3 is 2.34 bits per heavy atom. The van der Waals surface area contributed by atoms with E-state index in [1.807, 2.05) is 53.4 Å². The number of carboxylic acids is 1. The summed E-state index contributed by atoms with van der Waals surface area (Å²) in [6, 6.07) is 16.3. The third-order valence-electron chi connectivity index (χ3n) is 10.1. The molecule has 3 atom stereocenters. The zero-order valence-electron chi connectivity index (χ0n) is 29.3. The number of carboxylic acid groups (broad SMARTS) is 1. The molecule has 0 spiro atoms. The monoisotopic (exact) mass is 735 g/mol. The molecule has 282 valence electrons. The van der Waals surface area contributed by atoms with Gasteiger partial charge < -0.3 is 35.2 Å². The first kappa shape index (κ1) is 38.0. The van der Waals surface area contributed by atoms with Crippen LogP contribution in [0.1, 0.15) is 60.8 Å². The van der Waals surface area contributed by atoms with Crippen molar-refractivity contribution in [2.45, 2.75) is 82.1 Å². The Hall–Kier alpha value is -4.72. The summed E-state index contributed by atoms with van der Waals surface area (Å²) in [5.41, 5.74) is 5.11. The number of aliphatic hydroxyl groups excluding tert-OH is 2. The smallest absolute Gasteiger partial charge is 0.305 e. The number of benzene rings is 3. The lowest BCUT2D eigenvalue weighted by molar-refractivity contribution is -0.141. The van der Waals surface area contributed by atoms with Gasteiger partial charge in [-0.05, 0) is 78.5 Å². The number of halogens is 3. The van der Waals surface area contributed by atoms with Crippen molar-refractivity contribution in [3.05, 3.63) is 106 Å². The number of aryl methyl sites for hydroxylation is 1. The number of carbonyl (C=O) groups is 3. The fourth-order valence-electron chi connectivity index (χ4n) is 7.31. The van der Waals surface area contributed by atoms with Crippen LogP contribution in [0.4, 0.5) is 13.2 Å². The lowest BCUT2D eigenvalue weighted by Gasteiger charge is -2.45. The summed E-state index contributed by atoms with van der Waals surface area (Å²) in [5, 5.41) is 32.5. The molecule has 3 aliphatic rings. The van der Waals surface area contributed by atoms with E-state index < -0.39 is 47.7 Å². The molecule has 0 radical (unpaired) electrons. The maximum Gasteiger partial charge on any atom is 0.305 e. The van der Waals surface area contributed by atoms with Crippen LogP contribution in [0.25, 0.3) is 5.57 Å². The Labute approximate surface area is 305 Å². The molecule has 1 aliphatic carbocycles. The number of ether oxygens (including phenoxy) is 1. The number of carbonyl (C=O) groups excluding carboxylic acids is 2. The van der Waals surface area contributed by atoms with Gasteiger partial charge in [-0.15, -0.1) is 0 Å². The fourth-order valence-corrected chi connectivity index (χ4v) is 7.31. The number of piperazine rings is 1. The molecule has 0 aromatic heterocycles. The van der Waals surface area contributed by atoms with Gasteiger partial charge in [0.25, 0.3) is 5.91 Å². The van der Waals surface area contributed by atoms with Crippen molar-refractivity contribution >= 4 is 23.4 Å². The van der Waals surface area contributed by atoms with Crippen molar-refractivity contribution < 1.29 is 47.6 Å². The third kappa shape index (κ3) is 9.27. The topological polar surface area (TPSA) is 140 Å². The van der Waals surface area contributed by atoms with Crippen LogP contribution in [0.15, 0.2) is 66.2 Å². The van der Waals surface area contributed by atoms with Gasteiger partial charge in [-0.25, -0.2) is 8.78 Å². The summed E-state index contributed by atoms with van der Waals surface area (Å²) >= 11 is 0. The van der Waals surface area contributed by atoms with Crippen molar-refractivity contribution in [2.24, 2.45) is 0 Å². The standard InChI is InChI=1S/C40H44F3N3O7/c41-32-13-14-33(42)39(38(32)43)53-17-3-4-24-7-9-26(10-8-24)31-18-28-22-45(35(49)19-30(48)20-36(50)51)23-34(44-28)37(31)40(52)46(29-11-12-29)21-27-6-2-1-5-25(27)15-16-47/h1-2,5-10,13-14,28-30,34,44,47-48H,3-4,11-12,15-23H2,(H,50,51)/t28-,30-,34+/m0/s1. The molecular weight excluding hydrogens is 691 g/mol. The van der Waals surface area contributed by atoms with E-state index >= 15 is 0 Å². The molecule has 0 unspecified atom stereocenters. The molecule has 6 rings (SSSR count). The SMILES string of the molecule is O=C(O)C[C@@H](O)CC(=O)N1C[C@@H]2CC(c3ccc(CCCOc4c(F)ccc(F)c4F)cc3)=C(C(=O)N(Cc3ccccc3CCO)C3CC3)[C@@H](C1)N2. The number of aliphatic hydroxyl groups is 2. The van der Waals surface area contributed by atoms with Crippen molar-refractivity contribution in [2.75, 3.05) is 26.3 Å². The molecule has 2 amide bonds. The van der Waals surface area contributed by atoms with Crippen LogP contribution < -0.4 is 10.1 Å². The quantitative estimate of drug-likeness (QED) is 0.126. The largest absolute Gasteiger partial charge is 0.488 e. The lowest BCUT2D eigenvalue weighted by atomic mass is 9.82. The number of nitrogens with one attached hydrogen (secondary N) is 1. The van der Waals surface area contributed by atoms with Crippen molar-refractivity contribution in [1.29, 1.82) is 0 Å². The van der Waals surface area contributed by atoms with Gasteiger partial charge in [-0.1, -0.05) is 48.5 Å². The molecule has 1 saturated carbocycles. The molecule has 53 heavy (non-hydrogen) atoms. The average molecular weight is 736 g/mol. The molecule has 2 heterocycles. The molecule has 2 bridgehead atoms. The van der Waals surface area contributed by atoms with Gasteiger partial charge in [0.2, 0.25) is 11.7 Å². The van der Waals surface area contributed by atoms with Crippen molar-refractivity contribution in [3.8, 4) is 5.75 Å². The summed E-state index contributed by atoms with van der Waals surface area (Å²) in [7, 11) is 0. The molecule has 4 N–H and O–H groups in total. The van der Waals surface area contributed by atoms with Crippen molar-refractivity contribution in [1.82, 2.24) is 15.1 Å². The molecule has 1 saturated heterocycles.